The highest BCUT2D eigenvalue weighted by Crippen LogP contribution is 2.45. The minimum absolute atomic E-state index is 0.292. The lowest BCUT2D eigenvalue weighted by molar-refractivity contribution is 0.362. The topological polar surface area (TPSA) is 52.0 Å². The van der Waals surface area contributed by atoms with Crippen LogP contribution >= 0.6 is 11.6 Å². The van der Waals surface area contributed by atoms with Gasteiger partial charge in [0, 0.05) is 5.39 Å². The fraction of sp³-hybridized carbons (Fsp3) is 0.300. The first-order valence-electron chi connectivity index (χ1n) is 4.54. The Morgan fingerprint density at radius 1 is 1.43 bits per heavy atom. The standard InChI is InChI=1S/C10H9ClN2O/c11-7-3-1-2-6-8(7)13-14-9(6)10(12)4-5-10/h1-3H,4-5,12H2. The zero-order valence-corrected chi connectivity index (χ0v) is 8.21. The summed E-state index contributed by atoms with van der Waals surface area (Å²) in [5.41, 5.74) is 6.47. The molecular formula is C10H9ClN2O. The van der Waals surface area contributed by atoms with Crippen molar-refractivity contribution in [3.63, 3.8) is 0 Å². The Morgan fingerprint density at radius 3 is 2.93 bits per heavy atom. The van der Waals surface area contributed by atoms with Crippen LogP contribution in [0.2, 0.25) is 5.02 Å². The number of aromatic nitrogens is 1. The summed E-state index contributed by atoms with van der Waals surface area (Å²) in [4.78, 5) is 0. The van der Waals surface area contributed by atoms with E-state index in [1.807, 2.05) is 12.1 Å². The fourth-order valence-corrected chi connectivity index (χ4v) is 1.86. The number of nitrogens with two attached hydrogens (primary N) is 1. The summed E-state index contributed by atoms with van der Waals surface area (Å²) < 4.78 is 5.26. The second-order valence-corrected chi connectivity index (χ2v) is 4.21. The molecule has 2 aromatic rings. The van der Waals surface area contributed by atoms with Gasteiger partial charge in [-0.25, -0.2) is 0 Å². The van der Waals surface area contributed by atoms with E-state index in [0.29, 0.717) is 10.5 Å². The molecule has 0 spiro atoms. The molecule has 2 N–H and O–H groups in total. The molecule has 0 radical (unpaired) electrons. The lowest BCUT2D eigenvalue weighted by atomic mass is 10.1. The van der Waals surface area contributed by atoms with Crippen molar-refractivity contribution in [2.75, 3.05) is 0 Å². The van der Waals surface area contributed by atoms with Crippen LogP contribution in [0.5, 0.6) is 0 Å². The second-order valence-electron chi connectivity index (χ2n) is 3.80. The minimum Gasteiger partial charge on any atom is -0.358 e. The van der Waals surface area contributed by atoms with Gasteiger partial charge in [0.05, 0.1) is 10.6 Å². The summed E-state index contributed by atoms with van der Waals surface area (Å²) in [6, 6.07) is 5.63. The molecule has 0 unspecified atom stereocenters. The highest BCUT2D eigenvalue weighted by Gasteiger charge is 2.45. The smallest absolute Gasteiger partial charge is 0.164 e. The average Bonchev–Trinajstić information content (AvgIpc) is 2.77. The van der Waals surface area contributed by atoms with E-state index < -0.39 is 0 Å². The first kappa shape index (κ1) is 8.26. The molecule has 1 fully saturated rings. The van der Waals surface area contributed by atoms with Gasteiger partial charge in [-0.15, -0.1) is 0 Å². The van der Waals surface area contributed by atoms with Gasteiger partial charge in [-0.1, -0.05) is 22.8 Å². The van der Waals surface area contributed by atoms with E-state index in [2.05, 4.69) is 5.16 Å². The van der Waals surface area contributed by atoms with Crippen LogP contribution in [0.4, 0.5) is 0 Å². The van der Waals surface area contributed by atoms with Crippen LogP contribution in [-0.2, 0) is 5.54 Å². The van der Waals surface area contributed by atoms with Crippen molar-refractivity contribution < 1.29 is 4.52 Å². The third-order valence-electron chi connectivity index (χ3n) is 2.70. The molecule has 0 bridgehead atoms. The van der Waals surface area contributed by atoms with E-state index in [9.17, 15) is 0 Å². The molecule has 4 heteroatoms. The Kier molecular flexibility index (Phi) is 1.47. The highest BCUT2D eigenvalue weighted by atomic mass is 35.5. The lowest BCUT2D eigenvalue weighted by Crippen LogP contribution is -2.17. The molecule has 0 atom stereocenters. The van der Waals surface area contributed by atoms with Gasteiger partial charge < -0.3 is 10.3 Å². The molecular weight excluding hydrogens is 200 g/mol. The maximum absolute atomic E-state index is 6.05. The number of rotatable bonds is 1. The summed E-state index contributed by atoms with van der Waals surface area (Å²) >= 11 is 5.98. The predicted octanol–water partition coefficient (Wildman–Crippen LogP) is 2.43. The van der Waals surface area contributed by atoms with Crippen LogP contribution in [0.25, 0.3) is 10.9 Å². The van der Waals surface area contributed by atoms with Crippen LogP contribution in [0.1, 0.15) is 18.6 Å². The molecule has 14 heavy (non-hydrogen) atoms. The van der Waals surface area contributed by atoms with Crippen molar-refractivity contribution in [2.24, 2.45) is 5.73 Å². The van der Waals surface area contributed by atoms with E-state index in [1.165, 1.54) is 0 Å². The molecule has 0 saturated heterocycles. The van der Waals surface area contributed by atoms with Crippen LogP contribution in [0.3, 0.4) is 0 Å². The van der Waals surface area contributed by atoms with Gasteiger partial charge in [0.2, 0.25) is 0 Å². The summed E-state index contributed by atoms with van der Waals surface area (Å²) in [5, 5.41) is 5.49. The first-order chi connectivity index (χ1) is 6.71. The van der Waals surface area contributed by atoms with Crippen LogP contribution in [-0.4, -0.2) is 5.16 Å². The molecule has 1 aliphatic carbocycles. The van der Waals surface area contributed by atoms with Crippen LogP contribution in [0, 0.1) is 0 Å². The van der Waals surface area contributed by atoms with Gasteiger partial charge in [-0.3, -0.25) is 0 Å². The summed E-state index contributed by atoms with van der Waals surface area (Å²) in [5.74, 6) is 0.773. The summed E-state index contributed by atoms with van der Waals surface area (Å²) in [7, 11) is 0. The Hall–Kier alpha value is -1.06. The maximum atomic E-state index is 6.05. The molecule has 1 aromatic heterocycles. The van der Waals surface area contributed by atoms with Crippen molar-refractivity contribution in [1.82, 2.24) is 5.16 Å². The van der Waals surface area contributed by atoms with Crippen molar-refractivity contribution in [1.29, 1.82) is 0 Å². The Balaban J connectivity index is 2.32. The highest BCUT2D eigenvalue weighted by molar-refractivity contribution is 6.35. The maximum Gasteiger partial charge on any atom is 0.164 e. The predicted molar refractivity (Wildman–Crippen MR) is 54.1 cm³/mol. The number of nitrogens with zero attached hydrogens (tertiary/aromatic N) is 1. The molecule has 3 nitrogen and oxygen atoms in total. The molecule has 72 valence electrons. The fourth-order valence-electron chi connectivity index (χ4n) is 1.65. The number of hydrogen-bond acceptors (Lipinski definition) is 3. The van der Waals surface area contributed by atoms with E-state index in [0.717, 1.165) is 24.0 Å². The SMILES string of the molecule is NC1(c2onc3c(Cl)cccc23)CC1. The number of halogens is 1. The Morgan fingerprint density at radius 2 is 2.21 bits per heavy atom. The Bertz CT molecular complexity index is 502. The molecule has 1 saturated carbocycles. The Labute approximate surface area is 85.8 Å². The van der Waals surface area contributed by atoms with Crippen molar-refractivity contribution >= 4 is 22.5 Å². The third kappa shape index (κ3) is 0.996. The van der Waals surface area contributed by atoms with Crippen molar-refractivity contribution in [2.45, 2.75) is 18.4 Å². The van der Waals surface area contributed by atoms with Crippen molar-refractivity contribution in [3.8, 4) is 0 Å². The summed E-state index contributed by atoms with van der Waals surface area (Å²) in [6.07, 6.45) is 1.92. The monoisotopic (exact) mass is 208 g/mol. The second kappa shape index (κ2) is 2.49. The van der Waals surface area contributed by atoms with Crippen LogP contribution in [0.15, 0.2) is 22.7 Å². The quantitative estimate of drug-likeness (QED) is 0.783. The first-order valence-corrected chi connectivity index (χ1v) is 4.92. The van der Waals surface area contributed by atoms with Gasteiger partial charge >= 0.3 is 0 Å². The molecule has 1 aromatic carbocycles. The zero-order chi connectivity index (χ0) is 9.76. The van der Waals surface area contributed by atoms with Gasteiger partial charge in [0.1, 0.15) is 5.52 Å². The van der Waals surface area contributed by atoms with Crippen LogP contribution < -0.4 is 5.73 Å². The molecule has 0 aliphatic heterocycles. The van der Waals surface area contributed by atoms with Gasteiger partial charge in [-0.2, -0.15) is 0 Å². The van der Waals surface area contributed by atoms with Gasteiger partial charge in [0.25, 0.3) is 0 Å². The normalized spacial score (nSPS) is 18.7. The third-order valence-corrected chi connectivity index (χ3v) is 3.01. The molecule has 1 aliphatic rings. The number of benzene rings is 1. The molecule has 0 amide bonds. The van der Waals surface area contributed by atoms with Crippen molar-refractivity contribution in [3.05, 3.63) is 29.0 Å². The summed E-state index contributed by atoms with van der Waals surface area (Å²) in [6.45, 7) is 0. The van der Waals surface area contributed by atoms with E-state index in [4.69, 9.17) is 21.9 Å². The molecule has 1 heterocycles. The van der Waals surface area contributed by atoms with E-state index >= 15 is 0 Å². The lowest BCUT2D eigenvalue weighted by Gasteiger charge is -2.02. The average molecular weight is 209 g/mol. The van der Waals surface area contributed by atoms with Gasteiger partial charge in [0.15, 0.2) is 5.76 Å². The number of hydrogen-bond donors (Lipinski definition) is 1. The largest absolute Gasteiger partial charge is 0.358 e. The van der Waals surface area contributed by atoms with E-state index in [1.54, 1.807) is 6.07 Å². The number of fused-ring (bicyclic) bond motifs is 1. The zero-order valence-electron chi connectivity index (χ0n) is 7.46. The van der Waals surface area contributed by atoms with Gasteiger partial charge in [-0.05, 0) is 25.0 Å². The molecule has 3 rings (SSSR count). The minimum atomic E-state index is -0.292. The van der Waals surface area contributed by atoms with E-state index in [-0.39, 0.29) is 5.54 Å².